The first-order valence-electron chi connectivity index (χ1n) is 6.98. The Bertz CT molecular complexity index is 578. The van der Waals surface area contributed by atoms with Gasteiger partial charge in [0.1, 0.15) is 5.75 Å². The number of methoxy groups -OCH3 is 1. The molecule has 0 spiro atoms. The van der Waals surface area contributed by atoms with Gasteiger partial charge in [0, 0.05) is 24.1 Å². The first kappa shape index (κ1) is 14.8. The molecule has 2 N–H and O–H groups in total. The minimum absolute atomic E-state index is 0.0736. The summed E-state index contributed by atoms with van der Waals surface area (Å²) in [4.78, 5) is 0. The Morgan fingerprint density at radius 2 is 1.80 bits per heavy atom. The fourth-order valence-electron chi connectivity index (χ4n) is 2.37. The third-order valence-electron chi connectivity index (χ3n) is 3.69. The highest BCUT2D eigenvalue weighted by atomic mass is 16.5. The van der Waals surface area contributed by atoms with Crippen molar-refractivity contribution in [3.05, 3.63) is 42.0 Å². The molecule has 0 fully saturated rings. The molecule has 3 heteroatoms. The molecular weight excluding hydrogens is 250 g/mol. The van der Waals surface area contributed by atoms with Crippen LogP contribution in [0.1, 0.15) is 25.8 Å². The van der Waals surface area contributed by atoms with E-state index in [0.717, 1.165) is 24.1 Å². The molecule has 0 saturated heterocycles. The second-order valence-electron chi connectivity index (χ2n) is 5.68. The summed E-state index contributed by atoms with van der Waals surface area (Å²) in [5, 5.41) is 14.9. The second-order valence-corrected chi connectivity index (χ2v) is 5.68. The molecule has 0 amide bonds. The Balaban J connectivity index is 2.27. The Labute approximate surface area is 120 Å². The fraction of sp³-hybridized carbons (Fsp3) is 0.412. The van der Waals surface area contributed by atoms with Crippen LogP contribution in [0.4, 0.5) is 0 Å². The lowest BCUT2D eigenvalue weighted by atomic mass is 9.99. The van der Waals surface area contributed by atoms with Crippen LogP contribution in [0.5, 0.6) is 5.75 Å². The van der Waals surface area contributed by atoms with Crippen LogP contribution in [-0.2, 0) is 6.54 Å². The maximum atomic E-state index is 9.08. The standard InChI is InChI=1S/C17H23NO2/c1-17(2,10-11-19)18-12-13-8-9-16(20-3)15-7-5-4-6-14(13)15/h4-9,18-19H,10-12H2,1-3H3. The molecule has 0 aromatic heterocycles. The van der Waals surface area contributed by atoms with Gasteiger partial charge in [0.2, 0.25) is 0 Å². The highest BCUT2D eigenvalue weighted by Crippen LogP contribution is 2.28. The van der Waals surface area contributed by atoms with Crippen molar-refractivity contribution in [2.75, 3.05) is 13.7 Å². The Morgan fingerprint density at radius 1 is 1.10 bits per heavy atom. The SMILES string of the molecule is COc1ccc(CNC(C)(C)CCO)c2ccccc12. The first-order chi connectivity index (χ1) is 9.57. The van der Waals surface area contributed by atoms with E-state index in [0.29, 0.717) is 0 Å². The van der Waals surface area contributed by atoms with Crippen molar-refractivity contribution < 1.29 is 9.84 Å². The van der Waals surface area contributed by atoms with E-state index in [1.54, 1.807) is 7.11 Å². The third kappa shape index (κ3) is 3.30. The molecule has 3 nitrogen and oxygen atoms in total. The molecule has 2 aromatic carbocycles. The summed E-state index contributed by atoms with van der Waals surface area (Å²) >= 11 is 0. The van der Waals surface area contributed by atoms with E-state index >= 15 is 0 Å². The fourth-order valence-corrected chi connectivity index (χ4v) is 2.37. The van der Waals surface area contributed by atoms with Crippen molar-refractivity contribution in [3.8, 4) is 5.75 Å². The van der Waals surface area contributed by atoms with Crippen LogP contribution in [-0.4, -0.2) is 24.4 Å². The summed E-state index contributed by atoms with van der Waals surface area (Å²) in [6, 6.07) is 12.4. The average Bonchev–Trinajstić information content (AvgIpc) is 2.44. The smallest absolute Gasteiger partial charge is 0.126 e. The Kier molecular flexibility index (Phi) is 4.63. The molecule has 0 aliphatic carbocycles. The van der Waals surface area contributed by atoms with Crippen molar-refractivity contribution in [3.63, 3.8) is 0 Å². The van der Waals surface area contributed by atoms with Gasteiger partial charge < -0.3 is 15.2 Å². The topological polar surface area (TPSA) is 41.5 Å². The molecule has 0 aliphatic heterocycles. The quantitative estimate of drug-likeness (QED) is 0.850. The van der Waals surface area contributed by atoms with Crippen molar-refractivity contribution in [1.29, 1.82) is 0 Å². The number of rotatable bonds is 6. The lowest BCUT2D eigenvalue weighted by molar-refractivity contribution is 0.230. The molecule has 0 saturated carbocycles. The largest absolute Gasteiger partial charge is 0.496 e. The Morgan fingerprint density at radius 3 is 2.45 bits per heavy atom. The maximum Gasteiger partial charge on any atom is 0.126 e. The van der Waals surface area contributed by atoms with Gasteiger partial charge in [0.25, 0.3) is 0 Å². The highest BCUT2D eigenvalue weighted by molar-refractivity contribution is 5.91. The molecule has 0 atom stereocenters. The van der Waals surface area contributed by atoms with Gasteiger partial charge in [-0.2, -0.15) is 0 Å². The van der Waals surface area contributed by atoms with Gasteiger partial charge in [-0.25, -0.2) is 0 Å². The summed E-state index contributed by atoms with van der Waals surface area (Å²) in [6.07, 6.45) is 0.737. The molecule has 0 unspecified atom stereocenters. The monoisotopic (exact) mass is 273 g/mol. The normalized spacial score (nSPS) is 11.8. The molecule has 0 aliphatic rings. The number of aliphatic hydroxyl groups is 1. The lowest BCUT2D eigenvalue weighted by Crippen LogP contribution is -2.39. The number of fused-ring (bicyclic) bond motifs is 1. The molecule has 0 radical (unpaired) electrons. The van der Waals surface area contributed by atoms with Gasteiger partial charge in [0.15, 0.2) is 0 Å². The van der Waals surface area contributed by atoms with Gasteiger partial charge in [-0.3, -0.25) is 0 Å². The van der Waals surface area contributed by atoms with Crippen LogP contribution in [0.2, 0.25) is 0 Å². The lowest BCUT2D eigenvalue weighted by Gasteiger charge is -2.26. The number of nitrogens with one attached hydrogen (secondary N) is 1. The molecule has 108 valence electrons. The molecular formula is C17H23NO2. The number of hydrogen-bond donors (Lipinski definition) is 2. The molecule has 20 heavy (non-hydrogen) atoms. The van der Waals surface area contributed by atoms with Crippen molar-refractivity contribution in [2.24, 2.45) is 0 Å². The van der Waals surface area contributed by atoms with E-state index in [1.165, 1.54) is 10.9 Å². The summed E-state index contributed by atoms with van der Waals surface area (Å²) in [5.74, 6) is 0.902. The van der Waals surface area contributed by atoms with E-state index < -0.39 is 0 Å². The zero-order valence-corrected chi connectivity index (χ0v) is 12.4. The maximum absolute atomic E-state index is 9.08. The number of aliphatic hydroxyl groups excluding tert-OH is 1. The highest BCUT2D eigenvalue weighted by Gasteiger charge is 2.16. The van der Waals surface area contributed by atoms with E-state index in [-0.39, 0.29) is 12.1 Å². The van der Waals surface area contributed by atoms with Crippen LogP contribution in [0.25, 0.3) is 10.8 Å². The minimum atomic E-state index is -0.0736. The zero-order valence-electron chi connectivity index (χ0n) is 12.4. The van der Waals surface area contributed by atoms with E-state index in [4.69, 9.17) is 9.84 Å². The van der Waals surface area contributed by atoms with E-state index in [9.17, 15) is 0 Å². The molecule has 2 rings (SSSR count). The third-order valence-corrected chi connectivity index (χ3v) is 3.69. The predicted molar refractivity (Wildman–Crippen MR) is 83.1 cm³/mol. The minimum Gasteiger partial charge on any atom is -0.496 e. The molecule has 2 aromatic rings. The molecule has 0 heterocycles. The van der Waals surface area contributed by atoms with Crippen LogP contribution >= 0.6 is 0 Å². The molecule has 0 bridgehead atoms. The van der Waals surface area contributed by atoms with Crippen LogP contribution in [0.15, 0.2) is 36.4 Å². The van der Waals surface area contributed by atoms with Crippen molar-refractivity contribution >= 4 is 10.8 Å². The zero-order chi connectivity index (χ0) is 14.6. The van der Waals surface area contributed by atoms with E-state index in [2.05, 4.69) is 37.4 Å². The number of ether oxygens (including phenoxy) is 1. The van der Waals surface area contributed by atoms with Crippen molar-refractivity contribution in [2.45, 2.75) is 32.4 Å². The predicted octanol–water partition coefficient (Wildman–Crippen LogP) is 3.10. The van der Waals surface area contributed by atoms with Crippen LogP contribution < -0.4 is 10.1 Å². The van der Waals surface area contributed by atoms with Gasteiger partial charge >= 0.3 is 0 Å². The Hall–Kier alpha value is -1.58. The van der Waals surface area contributed by atoms with Gasteiger partial charge in [-0.15, -0.1) is 0 Å². The van der Waals surface area contributed by atoms with Crippen LogP contribution in [0.3, 0.4) is 0 Å². The van der Waals surface area contributed by atoms with Gasteiger partial charge in [-0.1, -0.05) is 30.3 Å². The van der Waals surface area contributed by atoms with Gasteiger partial charge in [-0.05, 0) is 37.3 Å². The second kappa shape index (κ2) is 6.25. The summed E-state index contributed by atoms with van der Waals surface area (Å²) in [5.41, 5.74) is 1.17. The number of hydrogen-bond acceptors (Lipinski definition) is 3. The van der Waals surface area contributed by atoms with E-state index in [1.807, 2.05) is 18.2 Å². The van der Waals surface area contributed by atoms with Gasteiger partial charge in [0.05, 0.1) is 7.11 Å². The summed E-state index contributed by atoms with van der Waals surface area (Å²) in [7, 11) is 1.70. The summed E-state index contributed by atoms with van der Waals surface area (Å²) in [6.45, 7) is 5.19. The number of benzene rings is 2. The van der Waals surface area contributed by atoms with Crippen LogP contribution in [0, 0.1) is 0 Å². The van der Waals surface area contributed by atoms with Crippen molar-refractivity contribution in [1.82, 2.24) is 5.32 Å². The summed E-state index contributed by atoms with van der Waals surface area (Å²) < 4.78 is 5.41. The first-order valence-corrected chi connectivity index (χ1v) is 6.98. The average molecular weight is 273 g/mol.